The summed E-state index contributed by atoms with van der Waals surface area (Å²) in [5, 5.41) is 11.4. The molecule has 2 nitrogen and oxygen atoms in total. The van der Waals surface area contributed by atoms with Gasteiger partial charge in [-0.2, -0.15) is 5.06 Å². The SMILES string of the molecule is CCC(C)N(O)C(C)(CC)CC. The van der Waals surface area contributed by atoms with Gasteiger partial charge in [0.15, 0.2) is 0 Å². The Kier molecular flexibility index (Phi) is 4.80. The van der Waals surface area contributed by atoms with Crippen LogP contribution in [0.25, 0.3) is 0 Å². The van der Waals surface area contributed by atoms with Gasteiger partial charge >= 0.3 is 0 Å². The lowest BCUT2D eigenvalue weighted by molar-refractivity contribution is -0.197. The molecule has 0 amide bonds. The molecule has 0 aliphatic carbocycles. The van der Waals surface area contributed by atoms with Crippen molar-refractivity contribution in [1.29, 1.82) is 0 Å². The van der Waals surface area contributed by atoms with Crippen LogP contribution in [0.2, 0.25) is 0 Å². The van der Waals surface area contributed by atoms with Crippen LogP contribution >= 0.6 is 0 Å². The summed E-state index contributed by atoms with van der Waals surface area (Å²) in [5.41, 5.74) is -0.0462. The minimum atomic E-state index is -0.0462. The third kappa shape index (κ3) is 2.46. The molecule has 0 aromatic heterocycles. The van der Waals surface area contributed by atoms with Crippen molar-refractivity contribution in [1.82, 2.24) is 5.06 Å². The summed E-state index contributed by atoms with van der Waals surface area (Å²) in [5.74, 6) is 0. The number of hydrogen-bond donors (Lipinski definition) is 1. The van der Waals surface area contributed by atoms with Crippen molar-refractivity contribution >= 4 is 0 Å². The molecule has 1 unspecified atom stereocenters. The molecule has 0 heterocycles. The number of nitrogens with zero attached hydrogens (tertiary/aromatic N) is 1. The Morgan fingerprint density at radius 3 is 1.92 bits per heavy atom. The van der Waals surface area contributed by atoms with Gasteiger partial charge in [0, 0.05) is 11.6 Å². The summed E-state index contributed by atoms with van der Waals surface area (Å²) in [6, 6.07) is 0.259. The highest BCUT2D eigenvalue weighted by Gasteiger charge is 2.29. The van der Waals surface area contributed by atoms with Crippen LogP contribution in [0.3, 0.4) is 0 Å². The highest BCUT2D eigenvalue weighted by molar-refractivity contribution is 4.80. The van der Waals surface area contributed by atoms with E-state index in [-0.39, 0.29) is 11.6 Å². The van der Waals surface area contributed by atoms with Crippen LogP contribution in [0.1, 0.15) is 53.9 Å². The molecular weight excluding hydrogens is 150 g/mol. The maximum absolute atomic E-state index is 9.87. The van der Waals surface area contributed by atoms with Crippen LogP contribution in [0.5, 0.6) is 0 Å². The molecule has 0 fully saturated rings. The molecule has 0 rings (SSSR count). The van der Waals surface area contributed by atoms with Crippen LogP contribution < -0.4 is 0 Å². The van der Waals surface area contributed by atoms with Crippen molar-refractivity contribution < 1.29 is 5.21 Å². The molecule has 2 heteroatoms. The van der Waals surface area contributed by atoms with Gasteiger partial charge in [0.25, 0.3) is 0 Å². The number of hydroxylamine groups is 2. The molecule has 0 aromatic carbocycles. The molecule has 0 aliphatic heterocycles. The Labute approximate surface area is 76.5 Å². The lowest BCUT2D eigenvalue weighted by Crippen LogP contribution is -2.47. The van der Waals surface area contributed by atoms with Crippen molar-refractivity contribution in [3.8, 4) is 0 Å². The number of hydrogen-bond acceptors (Lipinski definition) is 2. The maximum Gasteiger partial charge on any atom is 0.0430 e. The molecular formula is C10H23NO. The third-order valence-corrected chi connectivity index (χ3v) is 3.08. The average molecular weight is 173 g/mol. The highest BCUT2D eigenvalue weighted by atomic mass is 16.5. The Balaban J connectivity index is 4.29. The van der Waals surface area contributed by atoms with Crippen LogP contribution in [-0.4, -0.2) is 21.9 Å². The Bertz CT molecular complexity index is 121. The van der Waals surface area contributed by atoms with Crippen LogP contribution in [-0.2, 0) is 0 Å². The van der Waals surface area contributed by atoms with Gasteiger partial charge in [-0.1, -0.05) is 20.8 Å². The van der Waals surface area contributed by atoms with Crippen LogP contribution in [0.15, 0.2) is 0 Å². The fourth-order valence-electron chi connectivity index (χ4n) is 1.28. The third-order valence-electron chi connectivity index (χ3n) is 3.08. The van der Waals surface area contributed by atoms with Gasteiger partial charge in [0.05, 0.1) is 0 Å². The van der Waals surface area contributed by atoms with E-state index >= 15 is 0 Å². The lowest BCUT2D eigenvalue weighted by Gasteiger charge is -2.39. The minimum Gasteiger partial charge on any atom is -0.313 e. The molecule has 0 aromatic rings. The van der Waals surface area contributed by atoms with Gasteiger partial charge in [-0.25, -0.2) is 0 Å². The summed E-state index contributed by atoms with van der Waals surface area (Å²) >= 11 is 0. The molecule has 74 valence electrons. The van der Waals surface area contributed by atoms with E-state index in [1.165, 1.54) is 5.06 Å². The second-order valence-corrected chi connectivity index (χ2v) is 3.81. The minimum absolute atomic E-state index is 0.0462. The van der Waals surface area contributed by atoms with E-state index in [2.05, 4.69) is 34.6 Å². The maximum atomic E-state index is 9.87. The molecule has 0 aliphatic rings. The zero-order chi connectivity index (χ0) is 9.78. The average Bonchev–Trinajstić information content (AvgIpc) is 2.14. The van der Waals surface area contributed by atoms with Crippen molar-refractivity contribution in [3.63, 3.8) is 0 Å². The molecule has 1 atom stereocenters. The first-order chi connectivity index (χ1) is 5.51. The van der Waals surface area contributed by atoms with Gasteiger partial charge in [-0.3, -0.25) is 0 Å². The number of rotatable bonds is 5. The molecule has 12 heavy (non-hydrogen) atoms. The van der Waals surface area contributed by atoms with E-state index in [1.54, 1.807) is 0 Å². The van der Waals surface area contributed by atoms with Crippen LogP contribution in [0.4, 0.5) is 0 Å². The second-order valence-electron chi connectivity index (χ2n) is 3.81. The predicted molar refractivity (Wildman–Crippen MR) is 52.4 cm³/mol. The zero-order valence-corrected chi connectivity index (χ0v) is 9.09. The first kappa shape index (κ1) is 11.9. The van der Waals surface area contributed by atoms with Crippen molar-refractivity contribution in [3.05, 3.63) is 0 Å². The Morgan fingerprint density at radius 2 is 1.67 bits per heavy atom. The van der Waals surface area contributed by atoms with Gasteiger partial charge in [0.2, 0.25) is 0 Å². The van der Waals surface area contributed by atoms with Gasteiger partial charge < -0.3 is 5.21 Å². The van der Waals surface area contributed by atoms with Gasteiger partial charge in [-0.05, 0) is 33.1 Å². The van der Waals surface area contributed by atoms with E-state index in [1.807, 2.05) is 0 Å². The van der Waals surface area contributed by atoms with Gasteiger partial charge in [0.1, 0.15) is 0 Å². The van der Waals surface area contributed by atoms with Crippen LogP contribution in [0, 0.1) is 0 Å². The first-order valence-electron chi connectivity index (χ1n) is 5.00. The normalized spacial score (nSPS) is 15.2. The summed E-state index contributed by atoms with van der Waals surface area (Å²) in [6.07, 6.45) is 2.97. The fraction of sp³-hybridized carbons (Fsp3) is 1.00. The van der Waals surface area contributed by atoms with Gasteiger partial charge in [-0.15, -0.1) is 0 Å². The second kappa shape index (κ2) is 4.83. The Hall–Kier alpha value is -0.0800. The lowest BCUT2D eigenvalue weighted by atomic mass is 9.93. The van der Waals surface area contributed by atoms with E-state index in [9.17, 15) is 5.21 Å². The molecule has 0 saturated heterocycles. The summed E-state index contributed by atoms with van der Waals surface area (Å²) in [6.45, 7) is 10.5. The van der Waals surface area contributed by atoms with E-state index < -0.39 is 0 Å². The predicted octanol–water partition coefficient (Wildman–Crippen LogP) is 3.05. The standard InChI is InChI=1S/C10H23NO/c1-6-9(4)11(12)10(5,7-2)8-3/h9,12H,6-8H2,1-5H3. The van der Waals surface area contributed by atoms with E-state index in [0.717, 1.165) is 19.3 Å². The molecule has 0 saturated carbocycles. The Morgan fingerprint density at radius 1 is 1.25 bits per heavy atom. The molecule has 0 bridgehead atoms. The summed E-state index contributed by atoms with van der Waals surface area (Å²) in [4.78, 5) is 0. The quantitative estimate of drug-likeness (QED) is 0.646. The fourth-order valence-corrected chi connectivity index (χ4v) is 1.28. The summed E-state index contributed by atoms with van der Waals surface area (Å²) in [7, 11) is 0. The smallest absolute Gasteiger partial charge is 0.0430 e. The summed E-state index contributed by atoms with van der Waals surface area (Å²) < 4.78 is 0. The van der Waals surface area contributed by atoms with Crippen molar-refractivity contribution in [2.24, 2.45) is 0 Å². The topological polar surface area (TPSA) is 23.5 Å². The zero-order valence-electron chi connectivity index (χ0n) is 9.09. The van der Waals surface area contributed by atoms with E-state index in [4.69, 9.17) is 0 Å². The first-order valence-corrected chi connectivity index (χ1v) is 5.00. The van der Waals surface area contributed by atoms with E-state index in [0.29, 0.717) is 0 Å². The van der Waals surface area contributed by atoms with Crippen molar-refractivity contribution in [2.45, 2.75) is 65.5 Å². The highest BCUT2D eigenvalue weighted by Crippen LogP contribution is 2.24. The monoisotopic (exact) mass is 173 g/mol. The molecule has 0 radical (unpaired) electrons. The largest absolute Gasteiger partial charge is 0.313 e. The molecule has 1 N–H and O–H groups in total. The molecule has 0 spiro atoms. The van der Waals surface area contributed by atoms with Crippen molar-refractivity contribution in [2.75, 3.05) is 0 Å².